The van der Waals surface area contributed by atoms with Crippen LogP contribution in [0.4, 0.5) is 5.69 Å². The summed E-state index contributed by atoms with van der Waals surface area (Å²) in [5.74, 6) is 1.36. The molecule has 0 bridgehead atoms. The number of nitrogen functional groups attached to an aromatic ring is 1. The molecular weight excluding hydrogens is 356 g/mol. The molecule has 0 saturated carbocycles. The van der Waals surface area contributed by atoms with Gasteiger partial charge in [0.25, 0.3) is 5.56 Å². The lowest BCUT2D eigenvalue weighted by Gasteiger charge is -2.28. The molecule has 0 radical (unpaired) electrons. The largest absolute Gasteiger partial charge is 0.507 e. The Kier molecular flexibility index (Phi) is 4.75. The highest BCUT2D eigenvalue weighted by Crippen LogP contribution is 2.26. The van der Waals surface area contributed by atoms with Gasteiger partial charge in [0.15, 0.2) is 0 Å². The number of nitrogens with two attached hydrogens (primary N) is 1. The summed E-state index contributed by atoms with van der Waals surface area (Å²) in [5.41, 5.74) is 9.44. The molecule has 7 nitrogen and oxygen atoms in total. The van der Waals surface area contributed by atoms with Crippen LogP contribution in [0, 0.1) is 0 Å². The first kappa shape index (κ1) is 18.1. The molecule has 0 spiro atoms. The number of H-pyrrole nitrogens is 1. The molecule has 3 aromatic rings. The Bertz CT molecular complexity index is 1060. The number of methoxy groups -OCH3 is 1. The number of hydrogen-bond donors (Lipinski definition) is 3. The SMILES string of the molecule is COc1ccc(CN2CCc3c(nc(-c4ccc(N)cc4)[nH]c3=O)C2)c(O)c1. The van der Waals surface area contributed by atoms with Crippen LogP contribution >= 0.6 is 0 Å². The van der Waals surface area contributed by atoms with Gasteiger partial charge in [-0.1, -0.05) is 6.07 Å². The third-order valence-corrected chi connectivity index (χ3v) is 5.02. The number of phenols is 1. The van der Waals surface area contributed by atoms with Crippen molar-refractivity contribution >= 4 is 5.69 Å². The molecule has 1 aromatic heterocycles. The molecule has 1 aliphatic heterocycles. The molecule has 7 heteroatoms. The van der Waals surface area contributed by atoms with Crippen LogP contribution in [0.5, 0.6) is 11.5 Å². The molecule has 0 fully saturated rings. The number of aromatic amines is 1. The maximum Gasteiger partial charge on any atom is 0.254 e. The average molecular weight is 378 g/mol. The Balaban J connectivity index is 1.59. The summed E-state index contributed by atoms with van der Waals surface area (Å²) in [6.07, 6.45) is 0.622. The first-order chi connectivity index (χ1) is 13.5. The van der Waals surface area contributed by atoms with Gasteiger partial charge in [-0.25, -0.2) is 4.98 Å². The zero-order chi connectivity index (χ0) is 19.7. The number of rotatable bonds is 4. The van der Waals surface area contributed by atoms with E-state index >= 15 is 0 Å². The van der Waals surface area contributed by atoms with Crippen molar-refractivity contribution in [2.24, 2.45) is 0 Å². The Morgan fingerprint density at radius 1 is 1.25 bits per heavy atom. The van der Waals surface area contributed by atoms with Gasteiger partial charge in [-0.15, -0.1) is 0 Å². The molecular formula is C21H22N4O3. The zero-order valence-corrected chi connectivity index (χ0v) is 15.6. The van der Waals surface area contributed by atoms with Gasteiger partial charge in [0.05, 0.1) is 12.8 Å². The van der Waals surface area contributed by atoms with Crippen molar-refractivity contribution in [1.29, 1.82) is 0 Å². The Labute approximate surface area is 162 Å². The molecule has 144 valence electrons. The lowest BCUT2D eigenvalue weighted by molar-refractivity contribution is 0.237. The van der Waals surface area contributed by atoms with Gasteiger partial charge >= 0.3 is 0 Å². The number of aromatic nitrogens is 2. The van der Waals surface area contributed by atoms with Crippen LogP contribution in [-0.2, 0) is 19.5 Å². The number of nitrogens with one attached hydrogen (secondary N) is 1. The van der Waals surface area contributed by atoms with Crippen molar-refractivity contribution in [3.63, 3.8) is 0 Å². The van der Waals surface area contributed by atoms with Gasteiger partial charge in [-0.3, -0.25) is 9.69 Å². The van der Waals surface area contributed by atoms with Gasteiger partial charge in [-0.05, 0) is 36.8 Å². The summed E-state index contributed by atoms with van der Waals surface area (Å²) < 4.78 is 5.13. The fraction of sp³-hybridized carbons (Fsp3) is 0.238. The Morgan fingerprint density at radius 2 is 2.04 bits per heavy atom. The molecule has 0 atom stereocenters. The highest BCUT2D eigenvalue weighted by Gasteiger charge is 2.22. The number of fused-ring (bicyclic) bond motifs is 1. The van der Waals surface area contributed by atoms with E-state index in [1.54, 1.807) is 25.3 Å². The first-order valence-electron chi connectivity index (χ1n) is 9.09. The maximum atomic E-state index is 12.5. The van der Waals surface area contributed by atoms with Crippen LogP contribution in [0.25, 0.3) is 11.4 Å². The number of nitrogens with zero attached hydrogens (tertiary/aromatic N) is 2. The second-order valence-electron chi connectivity index (χ2n) is 6.92. The molecule has 0 saturated heterocycles. The second kappa shape index (κ2) is 7.36. The summed E-state index contributed by atoms with van der Waals surface area (Å²) in [5, 5.41) is 10.2. The number of aromatic hydroxyl groups is 1. The van der Waals surface area contributed by atoms with Crippen LogP contribution in [0.15, 0.2) is 47.3 Å². The van der Waals surface area contributed by atoms with E-state index in [1.165, 1.54) is 0 Å². The van der Waals surface area contributed by atoms with Crippen molar-refractivity contribution in [2.75, 3.05) is 19.4 Å². The number of hydrogen-bond acceptors (Lipinski definition) is 6. The minimum absolute atomic E-state index is 0.0937. The van der Waals surface area contributed by atoms with E-state index in [1.807, 2.05) is 24.3 Å². The lowest BCUT2D eigenvalue weighted by atomic mass is 10.0. The van der Waals surface area contributed by atoms with E-state index < -0.39 is 0 Å². The molecule has 2 heterocycles. The molecule has 0 aliphatic carbocycles. The monoisotopic (exact) mass is 378 g/mol. The molecule has 2 aromatic carbocycles. The fourth-order valence-electron chi connectivity index (χ4n) is 3.45. The predicted molar refractivity (Wildman–Crippen MR) is 107 cm³/mol. The summed E-state index contributed by atoms with van der Waals surface area (Å²) in [7, 11) is 1.57. The smallest absolute Gasteiger partial charge is 0.254 e. The molecule has 28 heavy (non-hydrogen) atoms. The van der Waals surface area contributed by atoms with Gasteiger partial charge in [0.2, 0.25) is 0 Å². The van der Waals surface area contributed by atoms with Crippen LogP contribution < -0.4 is 16.0 Å². The lowest BCUT2D eigenvalue weighted by Crippen LogP contribution is -2.35. The number of benzene rings is 2. The number of ether oxygens (including phenoxy) is 1. The quantitative estimate of drug-likeness (QED) is 0.602. The van der Waals surface area contributed by atoms with E-state index in [0.717, 1.165) is 28.9 Å². The number of anilines is 1. The van der Waals surface area contributed by atoms with Crippen LogP contribution in [0.2, 0.25) is 0 Å². The summed E-state index contributed by atoms with van der Waals surface area (Å²) in [6, 6.07) is 12.5. The highest BCUT2D eigenvalue weighted by molar-refractivity contribution is 5.58. The van der Waals surface area contributed by atoms with Gasteiger partial charge in [0.1, 0.15) is 17.3 Å². The van der Waals surface area contributed by atoms with Crippen molar-refractivity contribution in [2.45, 2.75) is 19.5 Å². The van der Waals surface area contributed by atoms with Crippen molar-refractivity contribution in [3.05, 3.63) is 69.6 Å². The highest BCUT2D eigenvalue weighted by atomic mass is 16.5. The molecule has 4 rings (SSSR count). The standard InChI is InChI=1S/C21H22N4O3/c1-28-16-7-4-14(19(26)10-16)11-25-9-8-17-18(12-25)23-20(24-21(17)27)13-2-5-15(22)6-3-13/h2-7,10,26H,8-9,11-12,22H2,1H3,(H,23,24,27). The second-order valence-corrected chi connectivity index (χ2v) is 6.92. The summed E-state index contributed by atoms with van der Waals surface area (Å²) >= 11 is 0. The van der Waals surface area contributed by atoms with Gasteiger partial charge < -0.3 is 20.6 Å². The van der Waals surface area contributed by atoms with E-state index in [4.69, 9.17) is 15.5 Å². The average Bonchev–Trinajstić information content (AvgIpc) is 2.69. The van der Waals surface area contributed by atoms with Crippen LogP contribution in [-0.4, -0.2) is 33.6 Å². The number of phenolic OH excluding ortho intramolecular Hbond substituents is 1. The summed E-state index contributed by atoms with van der Waals surface area (Å²) in [6.45, 7) is 1.85. The Hall–Kier alpha value is -3.32. The summed E-state index contributed by atoms with van der Waals surface area (Å²) in [4.78, 5) is 22.3. The van der Waals surface area contributed by atoms with Crippen LogP contribution in [0.3, 0.4) is 0 Å². The first-order valence-corrected chi connectivity index (χ1v) is 9.09. The third kappa shape index (κ3) is 3.57. The molecule has 4 N–H and O–H groups in total. The van der Waals surface area contributed by atoms with Gasteiger partial charge in [0, 0.05) is 48.1 Å². The zero-order valence-electron chi connectivity index (χ0n) is 15.6. The fourth-order valence-corrected chi connectivity index (χ4v) is 3.45. The normalized spacial score (nSPS) is 13.9. The van der Waals surface area contributed by atoms with E-state index in [9.17, 15) is 9.90 Å². The predicted octanol–water partition coefficient (Wildman–Crippen LogP) is 2.29. The molecule has 1 aliphatic rings. The van der Waals surface area contributed by atoms with E-state index in [0.29, 0.717) is 36.8 Å². The minimum Gasteiger partial charge on any atom is -0.507 e. The Morgan fingerprint density at radius 3 is 2.75 bits per heavy atom. The van der Waals surface area contributed by atoms with Crippen LogP contribution in [0.1, 0.15) is 16.8 Å². The van der Waals surface area contributed by atoms with Crippen molar-refractivity contribution in [1.82, 2.24) is 14.9 Å². The molecule has 0 unspecified atom stereocenters. The minimum atomic E-state index is -0.0937. The molecule has 0 amide bonds. The maximum absolute atomic E-state index is 12.5. The topological polar surface area (TPSA) is 104 Å². The van der Waals surface area contributed by atoms with E-state index in [2.05, 4.69) is 9.88 Å². The van der Waals surface area contributed by atoms with Crippen molar-refractivity contribution in [3.8, 4) is 22.9 Å². The third-order valence-electron chi connectivity index (χ3n) is 5.02. The van der Waals surface area contributed by atoms with Crippen molar-refractivity contribution < 1.29 is 9.84 Å². The van der Waals surface area contributed by atoms with E-state index in [-0.39, 0.29) is 11.3 Å². The van der Waals surface area contributed by atoms with Gasteiger partial charge in [-0.2, -0.15) is 0 Å².